The van der Waals surface area contributed by atoms with Crippen LogP contribution >= 0.6 is 11.3 Å². The van der Waals surface area contributed by atoms with Crippen LogP contribution in [0.5, 0.6) is 0 Å². The van der Waals surface area contributed by atoms with E-state index in [1.54, 1.807) is 24.3 Å². The van der Waals surface area contributed by atoms with Gasteiger partial charge in [0.25, 0.3) is 11.8 Å². The largest absolute Gasteiger partial charge is 0.268 e. The second-order valence-electron chi connectivity index (χ2n) is 6.18. The van der Waals surface area contributed by atoms with E-state index in [1.165, 1.54) is 16.2 Å². The van der Waals surface area contributed by atoms with Crippen LogP contribution < -0.4 is 4.90 Å². The van der Waals surface area contributed by atoms with E-state index in [0.29, 0.717) is 22.4 Å². The van der Waals surface area contributed by atoms with Crippen LogP contribution in [0.3, 0.4) is 0 Å². The lowest BCUT2D eigenvalue weighted by atomic mass is 9.92. The van der Waals surface area contributed by atoms with Crippen molar-refractivity contribution in [3.8, 4) is 0 Å². The van der Waals surface area contributed by atoms with Crippen LogP contribution in [0.25, 0.3) is 11.6 Å². The molecule has 0 radical (unpaired) electrons. The van der Waals surface area contributed by atoms with Crippen LogP contribution in [-0.2, 0) is 4.79 Å². The summed E-state index contributed by atoms with van der Waals surface area (Å²) in [4.78, 5) is 31.9. The maximum absolute atomic E-state index is 13.2. The Morgan fingerprint density at radius 1 is 0.923 bits per heavy atom. The Balaban J connectivity index is 1.89. The van der Waals surface area contributed by atoms with Crippen molar-refractivity contribution in [1.29, 1.82) is 0 Å². The van der Waals surface area contributed by atoms with E-state index in [1.807, 2.05) is 49.6 Å². The minimum Gasteiger partial charge on any atom is -0.268 e. The first kappa shape index (κ1) is 16.4. The maximum Gasteiger partial charge on any atom is 0.266 e. The van der Waals surface area contributed by atoms with Crippen molar-refractivity contribution in [1.82, 2.24) is 4.98 Å². The van der Waals surface area contributed by atoms with Gasteiger partial charge in [-0.05, 0) is 38.1 Å². The normalized spacial score (nSPS) is 15.5. The number of carbonyl (C=O) groups excluding carboxylic acids is 2. The minimum absolute atomic E-state index is 0.305. The highest BCUT2D eigenvalue weighted by Gasteiger charge is 2.35. The lowest BCUT2D eigenvalue weighted by molar-refractivity contribution is -0.112. The van der Waals surface area contributed by atoms with Gasteiger partial charge in [-0.1, -0.05) is 35.9 Å². The molecule has 1 aliphatic rings. The van der Waals surface area contributed by atoms with Gasteiger partial charge in [0.2, 0.25) is 0 Å². The Kier molecular flexibility index (Phi) is 4.01. The van der Waals surface area contributed by atoms with E-state index in [9.17, 15) is 9.59 Å². The minimum atomic E-state index is -0.330. The number of anilines is 1. The highest BCUT2D eigenvalue weighted by molar-refractivity contribution is 7.09. The average Bonchev–Trinajstić information content (AvgIpc) is 3.05. The summed E-state index contributed by atoms with van der Waals surface area (Å²) in [5, 5.41) is 2.84. The number of thiazole rings is 1. The van der Waals surface area contributed by atoms with Gasteiger partial charge in [-0.3, -0.25) is 9.59 Å². The van der Waals surface area contributed by atoms with Crippen molar-refractivity contribution in [2.75, 3.05) is 4.90 Å². The lowest BCUT2D eigenvalue weighted by Gasteiger charge is -2.28. The number of nitrogens with zero attached hydrogens (tertiary/aromatic N) is 2. The Bertz CT molecular complexity index is 1050. The molecule has 0 saturated heterocycles. The number of hydrogen-bond acceptors (Lipinski definition) is 4. The van der Waals surface area contributed by atoms with Crippen molar-refractivity contribution < 1.29 is 9.59 Å². The average molecular weight is 360 g/mol. The molecule has 26 heavy (non-hydrogen) atoms. The molecule has 0 unspecified atom stereocenters. The molecule has 2 amide bonds. The molecule has 1 aliphatic heterocycles. The molecule has 0 atom stereocenters. The molecular formula is C21H16N2O2S. The molecule has 3 aromatic rings. The summed E-state index contributed by atoms with van der Waals surface area (Å²) in [6.07, 6.45) is 1.76. The Morgan fingerprint density at radius 2 is 1.62 bits per heavy atom. The van der Waals surface area contributed by atoms with Gasteiger partial charge in [0.05, 0.1) is 22.0 Å². The summed E-state index contributed by atoms with van der Waals surface area (Å²) >= 11 is 1.53. The van der Waals surface area contributed by atoms with Crippen molar-refractivity contribution in [2.24, 2.45) is 0 Å². The Labute approximate surface area is 155 Å². The zero-order valence-corrected chi connectivity index (χ0v) is 15.2. The molecular weight excluding hydrogens is 344 g/mol. The molecule has 1 aromatic heterocycles. The second-order valence-corrected chi connectivity index (χ2v) is 7.24. The summed E-state index contributed by atoms with van der Waals surface area (Å²) in [6.45, 7) is 3.89. The van der Waals surface area contributed by atoms with Crippen molar-refractivity contribution in [3.05, 3.63) is 81.3 Å². The van der Waals surface area contributed by atoms with E-state index < -0.39 is 0 Å². The van der Waals surface area contributed by atoms with E-state index in [4.69, 9.17) is 0 Å². The zero-order chi connectivity index (χ0) is 18.3. The topological polar surface area (TPSA) is 50.3 Å². The van der Waals surface area contributed by atoms with Gasteiger partial charge in [0.15, 0.2) is 0 Å². The molecule has 4 rings (SSSR count). The summed E-state index contributed by atoms with van der Waals surface area (Å²) in [5.41, 5.74) is 4.01. The van der Waals surface area contributed by atoms with Gasteiger partial charge < -0.3 is 0 Å². The predicted octanol–water partition coefficient (Wildman–Crippen LogP) is 4.49. The van der Waals surface area contributed by atoms with Crippen LogP contribution in [0.4, 0.5) is 5.69 Å². The third-order valence-electron chi connectivity index (χ3n) is 4.31. The van der Waals surface area contributed by atoms with E-state index in [2.05, 4.69) is 4.98 Å². The van der Waals surface area contributed by atoms with Gasteiger partial charge in [0, 0.05) is 16.5 Å². The lowest BCUT2D eigenvalue weighted by Crippen LogP contribution is -2.41. The predicted molar refractivity (Wildman–Crippen MR) is 104 cm³/mol. The molecule has 0 fully saturated rings. The van der Waals surface area contributed by atoms with Gasteiger partial charge in [-0.25, -0.2) is 9.88 Å². The first-order chi connectivity index (χ1) is 12.5. The molecule has 5 heteroatoms. The van der Waals surface area contributed by atoms with Gasteiger partial charge in [-0.2, -0.15) is 0 Å². The number of aromatic nitrogens is 1. The number of rotatable bonds is 2. The number of amides is 2. The highest BCUT2D eigenvalue weighted by atomic mass is 32.1. The Morgan fingerprint density at radius 3 is 2.27 bits per heavy atom. The fraction of sp³-hybridized carbons (Fsp3) is 0.0952. The highest BCUT2D eigenvalue weighted by Crippen LogP contribution is 2.33. The molecule has 0 saturated carbocycles. The van der Waals surface area contributed by atoms with E-state index >= 15 is 0 Å². The third-order valence-corrected chi connectivity index (χ3v) is 5.10. The Hall–Kier alpha value is -3.05. The number of carbonyl (C=O) groups is 2. The summed E-state index contributed by atoms with van der Waals surface area (Å²) < 4.78 is 0. The number of fused-ring (bicyclic) bond motifs is 1. The molecule has 2 aromatic carbocycles. The monoisotopic (exact) mass is 360 g/mol. The number of benzene rings is 2. The van der Waals surface area contributed by atoms with Crippen molar-refractivity contribution in [3.63, 3.8) is 0 Å². The van der Waals surface area contributed by atoms with Gasteiger partial charge in [-0.15, -0.1) is 11.3 Å². The summed E-state index contributed by atoms with van der Waals surface area (Å²) in [7, 11) is 0. The van der Waals surface area contributed by atoms with Crippen LogP contribution in [-0.4, -0.2) is 16.8 Å². The smallest absolute Gasteiger partial charge is 0.266 e. The van der Waals surface area contributed by atoms with Crippen LogP contribution in [0.15, 0.2) is 53.9 Å². The number of aryl methyl sites for hydroxylation is 2. The second kappa shape index (κ2) is 6.35. The third kappa shape index (κ3) is 2.76. The molecule has 0 bridgehead atoms. The van der Waals surface area contributed by atoms with Crippen LogP contribution in [0.2, 0.25) is 0 Å². The standard InChI is InChI=1S/C21H16N2O2S/c1-13-7-9-16(10-8-13)23-20(24)18-6-4-3-5-17(18)19(21(23)25)11-15-12-26-14(2)22-15/h3-12H,1-2H3. The fourth-order valence-corrected chi connectivity index (χ4v) is 3.59. The molecule has 0 aliphatic carbocycles. The van der Waals surface area contributed by atoms with Gasteiger partial charge >= 0.3 is 0 Å². The quantitative estimate of drug-likeness (QED) is 0.500. The SMILES string of the molecule is Cc1ccc(N2C(=O)C(=Cc3csc(C)n3)c3ccccc3C2=O)cc1. The summed E-state index contributed by atoms with van der Waals surface area (Å²) in [5.74, 6) is -0.635. The van der Waals surface area contributed by atoms with E-state index in [-0.39, 0.29) is 11.8 Å². The van der Waals surface area contributed by atoms with Crippen molar-refractivity contribution in [2.45, 2.75) is 13.8 Å². The first-order valence-electron chi connectivity index (χ1n) is 8.23. The molecule has 0 spiro atoms. The molecule has 4 nitrogen and oxygen atoms in total. The maximum atomic E-state index is 13.2. The van der Waals surface area contributed by atoms with Gasteiger partial charge in [0.1, 0.15) is 0 Å². The van der Waals surface area contributed by atoms with Crippen molar-refractivity contribution >= 4 is 40.5 Å². The van der Waals surface area contributed by atoms with Crippen LogP contribution in [0, 0.1) is 13.8 Å². The molecule has 2 heterocycles. The first-order valence-corrected chi connectivity index (χ1v) is 9.11. The zero-order valence-electron chi connectivity index (χ0n) is 14.4. The molecule has 0 N–H and O–H groups in total. The summed E-state index contributed by atoms with van der Waals surface area (Å²) in [6, 6.07) is 14.6. The number of hydrogen-bond donors (Lipinski definition) is 0. The fourth-order valence-electron chi connectivity index (χ4n) is 3.01. The van der Waals surface area contributed by atoms with E-state index in [0.717, 1.165) is 16.3 Å². The van der Waals surface area contributed by atoms with Crippen LogP contribution in [0.1, 0.15) is 32.2 Å². The number of imide groups is 1. The molecule has 128 valence electrons.